The molecular formula is C10H18O4S2. The molecule has 0 aromatic carbocycles. The molecule has 16 heavy (non-hydrogen) atoms. The number of ether oxygens (including phenoxy) is 2. The largest absolute Gasteiger partial charge is 0.465 e. The zero-order chi connectivity index (χ0) is 12.2. The van der Waals surface area contributed by atoms with Crippen molar-refractivity contribution in [3.63, 3.8) is 0 Å². The number of hydrogen-bond donors (Lipinski definition) is 0. The molecule has 0 radical (unpaired) electrons. The van der Waals surface area contributed by atoms with Gasteiger partial charge in [-0.05, 0) is 6.42 Å². The summed E-state index contributed by atoms with van der Waals surface area (Å²) in [4.78, 5) is 21.4. The SMILES string of the molecule is CCCC(=O)OCCSSCCOC(C)=O. The maximum Gasteiger partial charge on any atom is 0.305 e. The summed E-state index contributed by atoms with van der Waals surface area (Å²) < 4.78 is 9.73. The van der Waals surface area contributed by atoms with E-state index in [9.17, 15) is 9.59 Å². The Balaban J connectivity index is 3.09. The summed E-state index contributed by atoms with van der Waals surface area (Å²) in [7, 11) is 3.22. The van der Waals surface area contributed by atoms with Crippen LogP contribution in [0.4, 0.5) is 0 Å². The van der Waals surface area contributed by atoms with E-state index in [1.54, 1.807) is 21.6 Å². The van der Waals surface area contributed by atoms with Crippen molar-refractivity contribution >= 4 is 33.5 Å². The van der Waals surface area contributed by atoms with Crippen LogP contribution in [0, 0.1) is 0 Å². The number of hydrogen-bond acceptors (Lipinski definition) is 6. The Morgan fingerprint density at radius 1 is 1.06 bits per heavy atom. The molecule has 0 fully saturated rings. The molecule has 0 aliphatic heterocycles. The van der Waals surface area contributed by atoms with Gasteiger partial charge in [-0.2, -0.15) is 0 Å². The molecule has 0 aliphatic carbocycles. The summed E-state index contributed by atoms with van der Waals surface area (Å²) in [6, 6.07) is 0. The summed E-state index contributed by atoms with van der Waals surface area (Å²) >= 11 is 0. The molecule has 0 spiro atoms. The highest BCUT2D eigenvalue weighted by atomic mass is 33.1. The molecule has 0 unspecified atom stereocenters. The van der Waals surface area contributed by atoms with Crippen LogP contribution in [-0.2, 0) is 19.1 Å². The summed E-state index contributed by atoms with van der Waals surface area (Å²) in [5.74, 6) is 1.14. The van der Waals surface area contributed by atoms with E-state index in [1.807, 2.05) is 6.92 Å². The number of carbonyl (C=O) groups is 2. The molecular weight excluding hydrogens is 248 g/mol. The van der Waals surface area contributed by atoms with E-state index in [-0.39, 0.29) is 11.9 Å². The second kappa shape index (κ2) is 11.1. The lowest BCUT2D eigenvalue weighted by atomic mass is 10.3. The van der Waals surface area contributed by atoms with Gasteiger partial charge in [0.2, 0.25) is 0 Å². The quantitative estimate of drug-likeness (QED) is 0.362. The summed E-state index contributed by atoms with van der Waals surface area (Å²) in [5, 5.41) is 0. The van der Waals surface area contributed by atoms with Crippen molar-refractivity contribution in [3.05, 3.63) is 0 Å². The van der Waals surface area contributed by atoms with Crippen molar-refractivity contribution in [2.45, 2.75) is 26.7 Å². The van der Waals surface area contributed by atoms with Gasteiger partial charge >= 0.3 is 11.9 Å². The maximum absolute atomic E-state index is 11.0. The third-order valence-corrected chi connectivity index (χ3v) is 3.77. The van der Waals surface area contributed by atoms with Gasteiger partial charge in [0.15, 0.2) is 0 Å². The van der Waals surface area contributed by atoms with Crippen LogP contribution in [0.1, 0.15) is 26.7 Å². The van der Waals surface area contributed by atoms with E-state index in [0.717, 1.165) is 17.9 Å². The van der Waals surface area contributed by atoms with Gasteiger partial charge in [0, 0.05) is 24.9 Å². The van der Waals surface area contributed by atoms with Crippen molar-refractivity contribution < 1.29 is 19.1 Å². The first-order chi connectivity index (χ1) is 7.66. The highest BCUT2D eigenvalue weighted by Crippen LogP contribution is 2.20. The van der Waals surface area contributed by atoms with Crippen molar-refractivity contribution in [2.24, 2.45) is 0 Å². The zero-order valence-electron chi connectivity index (χ0n) is 9.69. The normalized spacial score (nSPS) is 9.88. The molecule has 0 rings (SSSR count). The second-order valence-electron chi connectivity index (χ2n) is 2.95. The van der Waals surface area contributed by atoms with E-state index in [1.165, 1.54) is 6.92 Å². The first-order valence-corrected chi connectivity index (χ1v) is 7.69. The van der Waals surface area contributed by atoms with Gasteiger partial charge in [0.05, 0.1) is 0 Å². The first-order valence-electron chi connectivity index (χ1n) is 5.20. The van der Waals surface area contributed by atoms with Crippen LogP contribution in [0.5, 0.6) is 0 Å². The molecule has 0 N–H and O–H groups in total. The average Bonchev–Trinajstić information content (AvgIpc) is 2.22. The third kappa shape index (κ3) is 11.7. The topological polar surface area (TPSA) is 52.6 Å². The molecule has 0 aliphatic rings. The van der Waals surface area contributed by atoms with Gasteiger partial charge < -0.3 is 9.47 Å². The highest BCUT2D eigenvalue weighted by Gasteiger charge is 2.00. The lowest BCUT2D eigenvalue weighted by Crippen LogP contribution is -2.06. The highest BCUT2D eigenvalue weighted by molar-refractivity contribution is 8.76. The fraction of sp³-hybridized carbons (Fsp3) is 0.800. The maximum atomic E-state index is 11.0. The van der Waals surface area contributed by atoms with Crippen LogP contribution in [0.15, 0.2) is 0 Å². The molecule has 0 saturated carbocycles. The van der Waals surface area contributed by atoms with E-state index in [2.05, 4.69) is 0 Å². The smallest absolute Gasteiger partial charge is 0.305 e. The predicted molar refractivity (Wildman–Crippen MR) is 67.4 cm³/mol. The molecule has 0 aromatic heterocycles. The van der Waals surface area contributed by atoms with Crippen molar-refractivity contribution in [2.75, 3.05) is 24.7 Å². The predicted octanol–water partition coefficient (Wildman–Crippen LogP) is 2.27. The fourth-order valence-corrected chi connectivity index (χ4v) is 2.46. The van der Waals surface area contributed by atoms with Gasteiger partial charge in [-0.1, -0.05) is 28.5 Å². The van der Waals surface area contributed by atoms with Crippen molar-refractivity contribution in [3.8, 4) is 0 Å². The number of esters is 2. The van der Waals surface area contributed by atoms with Crippen molar-refractivity contribution in [1.82, 2.24) is 0 Å². The average molecular weight is 266 g/mol. The molecule has 0 atom stereocenters. The molecule has 6 heteroatoms. The van der Waals surface area contributed by atoms with E-state index in [0.29, 0.717) is 19.6 Å². The fourth-order valence-electron chi connectivity index (χ4n) is 0.803. The molecule has 0 saturated heterocycles. The zero-order valence-corrected chi connectivity index (χ0v) is 11.3. The Morgan fingerprint density at radius 2 is 1.62 bits per heavy atom. The van der Waals surface area contributed by atoms with Crippen LogP contribution < -0.4 is 0 Å². The van der Waals surface area contributed by atoms with Gasteiger partial charge in [0.1, 0.15) is 13.2 Å². The molecule has 0 bridgehead atoms. The summed E-state index contributed by atoms with van der Waals surface area (Å²) in [6.07, 6.45) is 1.31. The van der Waals surface area contributed by atoms with Crippen molar-refractivity contribution in [1.29, 1.82) is 0 Å². The molecule has 0 heterocycles. The van der Waals surface area contributed by atoms with Crippen LogP contribution in [0.25, 0.3) is 0 Å². The molecule has 94 valence electrons. The van der Waals surface area contributed by atoms with E-state index >= 15 is 0 Å². The Kier molecular flexibility index (Phi) is 10.9. The van der Waals surface area contributed by atoms with E-state index in [4.69, 9.17) is 9.47 Å². The molecule has 0 amide bonds. The molecule has 0 aromatic rings. The van der Waals surface area contributed by atoms with E-state index < -0.39 is 0 Å². The van der Waals surface area contributed by atoms with Gasteiger partial charge in [0.25, 0.3) is 0 Å². The van der Waals surface area contributed by atoms with Crippen LogP contribution in [0.2, 0.25) is 0 Å². The lowest BCUT2D eigenvalue weighted by molar-refractivity contribution is -0.143. The third-order valence-electron chi connectivity index (χ3n) is 1.44. The summed E-state index contributed by atoms with van der Waals surface area (Å²) in [6.45, 7) is 4.22. The van der Waals surface area contributed by atoms with Crippen LogP contribution in [-0.4, -0.2) is 36.7 Å². The van der Waals surface area contributed by atoms with Gasteiger partial charge in [-0.3, -0.25) is 9.59 Å². The minimum absolute atomic E-state index is 0.131. The lowest BCUT2D eigenvalue weighted by Gasteiger charge is -2.03. The van der Waals surface area contributed by atoms with Crippen LogP contribution >= 0.6 is 21.6 Å². The number of carbonyl (C=O) groups excluding carboxylic acids is 2. The Labute approximate surface area is 104 Å². The standard InChI is InChI=1S/C10H18O4S2/c1-3-4-10(12)14-6-8-16-15-7-5-13-9(2)11/h3-8H2,1-2H3. The van der Waals surface area contributed by atoms with Gasteiger partial charge in [-0.25, -0.2) is 0 Å². The minimum atomic E-state index is -0.251. The number of rotatable bonds is 9. The Bertz CT molecular complexity index is 209. The molecule has 4 nitrogen and oxygen atoms in total. The first kappa shape index (κ1) is 15.6. The monoisotopic (exact) mass is 266 g/mol. The van der Waals surface area contributed by atoms with Crippen LogP contribution in [0.3, 0.4) is 0 Å². The Morgan fingerprint density at radius 3 is 2.12 bits per heavy atom. The Hall–Kier alpha value is -0.360. The summed E-state index contributed by atoms with van der Waals surface area (Å²) in [5.41, 5.74) is 0. The van der Waals surface area contributed by atoms with Gasteiger partial charge in [-0.15, -0.1) is 0 Å². The minimum Gasteiger partial charge on any atom is -0.465 e. The second-order valence-corrected chi connectivity index (χ2v) is 5.66.